The molecule has 7 heteroatoms. The Bertz CT molecular complexity index is 876. The standard InChI is InChI=1S/C25H32N2O5/c1-3-6-19-9-11-21(12-10-19)31-17-24(28)26-20-13-15-27(16-14-20)25(29)18-32-23-8-5-4-7-22(23)30-2/h4-5,7-12,20H,3,6,13-18H2,1-2H3,(H,26,28). The summed E-state index contributed by atoms with van der Waals surface area (Å²) in [6, 6.07) is 15.1. The van der Waals surface area contributed by atoms with Crippen LogP contribution < -0.4 is 19.5 Å². The predicted octanol–water partition coefficient (Wildman–Crippen LogP) is 3.21. The van der Waals surface area contributed by atoms with Gasteiger partial charge in [-0.2, -0.15) is 0 Å². The number of piperidine rings is 1. The van der Waals surface area contributed by atoms with Crippen LogP contribution in [0.25, 0.3) is 0 Å². The molecule has 2 amide bonds. The zero-order chi connectivity index (χ0) is 22.8. The van der Waals surface area contributed by atoms with Crippen molar-refractivity contribution in [2.45, 2.75) is 38.6 Å². The van der Waals surface area contributed by atoms with Crippen LogP contribution in [0.3, 0.4) is 0 Å². The fourth-order valence-electron chi connectivity index (χ4n) is 3.70. The number of nitrogens with one attached hydrogen (secondary N) is 1. The summed E-state index contributed by atoms with van der Waals surface area (Å²) in [6.07, 6.45) is 3.55. The highest BCUT2D eigenvalue weighted by atomic mass is 16.5. The van der Waals surface area contributed by atoms with Crippen LogP contribution >= 0.6 is 0 Å². The molecule has 0 atom stereocenters. The maximum absolute atomic E-state index is 12.5. The van der Waals surface area contributed by atoms with E-state index in [1.165, 1.54) is 5.56 Å². The van der Waals surface area contributed by atoms with Crippen LogP contribution in [0.2, 0.25) is 0 Å². The van der Waals surface area contributed by atoms with Crippen molar-refractivity contribution in [1.82, 2.24) is 10.2 Å². The van der Waals surface area contributed by atoms with Crippen LogP contribution in [0.1, 0.15) is 31.7 Å². The zero-order valence-corrected chi connectivity index (χ0v) is 18.8. The van der Waals surface area contributed by atoms with Gasteiger partial charge in [0.2, 0.25) is 0 Å². The van der Waals surface area contributed by atoms with Crippen LogP contribution in [-0.4, -0.2) is 56.2 Å². The lowest BCUT2D eigenvalue weighted by Crippen LogP contribution is -2.48. The number of nitrogens with zero attached hydrogens (tertiary/aromatic N) is 1. The Morgan fingerprint density at radius 2 is 1.66 bits per heavy atom. The molecule has 0 aliphatic carbocycles. The highest BCUT2D eigenvalue weighted by molar-refractivity contribution is 5.79. The number of hydrogen-bond donors (Lipinski definition) is 1. The van der Waals surface area contributed by atoms with Gasteiger partial charge >= 0.3 is 0 Å². The Labute approximate surface area is 189 Å². The number of methoxy groups -OCH3 is 1. The van der Waals surface area contributed by atoms with E-state index in [2.05, 4.69) is 12.2 Å². The molecule has 0 radical (unpaired) electrons. The Morgan fingerprint density at radius 3 is 2.31 bits per heavy atom. The lowest BCUT2D eigenvalue weighted by atomic mass is 10.1. The SMILES string of the molecule is CCCc1ccc(OCC(=O)NC2CCN(C(=O)COc3ccccc3OC)CC2)cc1. The second kappa shape index (κ2) is 12.0. The van der Waals surface area contributed by atoms with Crippen LogP contribution in [0.4, 0.5) is 0 Å². The highest BCUT2D eigenvalue weighted by Crippen LogP contribution is 2.25. The Balaban J connectivity index is 1.35. The molecule has 1 heterocycles. The van der Waals surface area contributed by atoms with Crippen LogP contribution in [0, 0.1) is 0 Å². The summed E-state index contributed by atoms with van der Waals surface area (Å²) in [5, 5.41) is 3.00. The minimum atomic E-state index is -0.146. The number of carbonyl (C=O) groups is 2. The highest BCUT2D eigenvalue weighted by Gasteiger charge is 2.24. The van der Waals surface area contributed by atoms with Crippen molar-refractivity contribution < 1.29 is 23.8 Å². The van der Waals surface area contributed by atoms with E-state index < -0.39 is 0 Å². The second-order valence-electron chi connectivity index (χ2n) is 7.84. The first-order chi connectivity index (χ1) is 15.6. The lowest BCUT2D eigenvalue weighted by molar-refractivity contribution is -0.134. The Hall–Kier alpha value is -3.22. The molecule has 0 spiro atoms. The largest absolute Gasteiger partial charge is 0.493 e. The molecule has 1 N–H and O–H groups in total. The number of para-hydroxylation sites is 2. The molecule has 7 nitrogen and oxygen atoms in total. The third-order valence-electron chi connectivity index (χ3n) is 5.46. The maximum atomic E-state index is 12.5. The summed E-state index contributed by atoms with van der Waals surface area (Å²) >= 11 is 0. The van der Waals surface area contributed by atoms with Crippen LogP contribution in [0.5, 0.6) is 17.2 Å². The predicted molar refractivity (Wildman–Crippen MR) is 122 cm³/mol. The number of likely N-dealkylation sites (tertiary alicyclic amines) is 1. The number of amides is 2. The summed E-state index contributed by atoms with van der Waals surface area (Å²) < 4.78 is 16.5. The number of rotatable bonds is 10. The molecule has 1 saturated heterocycles. The smallest absolute Gasteiger partial charge is 0.260 e. The molecular weight excluding hydrogens is 408 g/mol. The molecule has 2 aromatic rings. The van der Waals surface area contributed by atoms with E-state index in [1.54, 1.807) is 24.1 Å². The number of benzene rings is 2. The van der Waals surface area contributed by atoms with E-state index in [0.29, 0.717) is 43.2 Å². The van der Waals surface area contributed by atoms with Gasteiger partial charge in [-0.3, -0.25) is 9.59 Å². The average molecular weight is 441 g/mol. The van der Waals surface area contributed by atoms with E-state index >= 15 is 0 Å². The van der Waals surface area contributed by atoms with Gasteiger partial charge in [0.1, 0.15) is 5.75 Å². The first-order valence-electron chi connectivity index (χ1n) is 11.1. The number of ether oxygens (including phenoxy) is 3. The molecule has 172 valence electrons. The van der Waals surface area contributed by atoms with Crippen LogP contribution in [0.15, 0.2) is 48.5 Å². The molecule has 0 saturated carbocycles. The van der Waals surface area contributed by atoms with Crippen molar-refractivity contribution in [3.8, 4) is 17.2 Å². The van der Waals surface area contributed by atoms with Crippen molar-refractivity contribution in [2.24, 2.45) is 0 Å². The minimum Gasteiger partial charge on any atom is -0.493 e. The second-order valence-corrected chi connectivity index (χ2v) is 7.84. The van der Waals surface area contributed by atoms with Crippen LogP contribution in [-0.2, 0) is 16.0 Å². The van der Waals surface area contributed by atoms with Gasteiger partial charge in [-0.1, -0.05) is 37.6 Å². The first kappa shape index (κ1) is 23.4. The minimum absolute atomic E-state index is 0.0149. The van der Waals surface area contributed by atoms with E-state index in [4.69, 9.17) is 14.2 Å². The van der Waals surface area contributed by atoms with Gasteiger partial charge in [0, 0.05) is 19.1 Å². The maximum Gasteiger partial charge on any atom is 0.260 e. The summed E-state index contributed by atoms with van der Waals surface area (Å²) in [4.78, 5) is 26.5. The number of aryl methyl sites for hydroxylation is 1. The molecule has 1 fully saturated rings. The summed E-state index contributed by atoms with van der Waals surface area (Å²) in [6.45, 7) is 3.25. The van der Waals surface area contributed by atoms with Crippen molar-refractivity contribution in [2.75, 3.05) is 33.4 Å². The van der Waals surface area contributed by atoms with Gasteiger partial charge in [0.25, 0.3) is 11.8 Å². The molecule has 0 aromatic heterocycles. The van der Waals surface area contributed by atoms with E-state index in [-0.39, 0.29) is 31.1 Å². The quantitative estimate of drug-likeness (QED) is 0.614. The fourth-order valence-corrected chi connectivity index (χ4v) is 3.70. The topological polar surface area (TPSA) is 77.1 Å². The molecule has 0 bridgehead atoms. The molecule has 1 aliphatic heterocycles. The molecule has 32 heavy (non-hydrogen) atoms. The van der Waals surface area contributed by atoms with Crippen molar-refractivity contribution >= 4 is 11.8 Å². The van der Waals surface area contributed by atoms with E-state index in [9.17, 15) is 9.59 Å². The fraction of sp³-hybridized carbons (Fsp3) is 0.440. The summed E-state index contributed by atoms with van der Waals surface area (Å²) in [7, 11) is 1.57. The normalized spacial score (nSPS) is 14.0. The van der Waals surface area contributed by atoms with Crippen molar-refractivity contribution in [3.05, 3.63) is 54.1 Å². The van der Waals surface area contributed by atoms with Gasteiger partial charge in [-0.05, 0) is 49.1 Å². The first-order valence-corrected chi connectivity index (χ1v) is 11.1. The summed E-state index contributed by atoms with van der Waals surface area (Å²) in [5.41, 5.74) is 1.26. The average Bonchev–Trinajstić information content (AvgIpc) is 2.83. The van der Waals surface area contributed by atoms with Crippen molar-refractivity contribution in [1.29, 1.82) is 0 Å². The molecular formula is C25H32N2O5. The molecule has 3 rings (SSSR count). The molecule has 2 aromatic carbocycles. The summed E-state index contributed by atoms with van der Waals surface area (Å²) in [5.74, 6) is 1.62. The Morgan fingerprint density at radius 1 is 0.969 bits per heavy atom. The van der Waals surface area contributed by atoms with Gasteiger partial charge in [-0.15, -0.1) is 0 Å². The lowest BCUT2D eigenvalue weighted by Gasteiger charge is -2.32. The van der Waals surface area contributed by atoms with Gasteiger partial charge in [0.05, 0.1) is 7.11 Å². The third kappa shape index (κ3) is 6.90. The van der Waals surface area contributed by atoms with Crippen molar-refractivity contribution in [3.63, 3.8) is 0 Å². The number of carbonyl (C=O) groups excluding carboxylic acids is 2. The van der Waals surface area contributed by atoms with Gasteiger partial charge < -0.3 is 24.4 Å². The van der Waals surface area contributed by atoms with Gasteiger partial charge in [-0.25, -0.2) is 0 Å². The zero-order valence-electron chi connectivity index (χ0n) is 18.8. The molecule has 0 unspecified atom stereocenters. The van der Waals surface area contributed by atoms with E-state index in [0.717, 1.165) is 12.8 Å². The van der Waals surface area contributed by atoms with E-state index in [1.807, 2.05) is 36.4 Å². The molecule has 1 aliphatic rings. The van der Waals surface area contributed by atoms with Gasteiger partial charge in [0.15, 0.2) is 24.7 Å². The third-order valence-corrected chi connectivity index (χ3v) is 5.46. The Kier molecular flexibility index (Phi) is 8.78. The monoisotopic (exact) mass is 440 g/mol. The number of hydrogen-bond acceptors (Lipinski definition) is 5.